The summed E-state index contributed by atoms with van der Waals surface area (Å²) >= 11 is 0. The van der Waals surface area contributed by atoms with E-state index in [2.05, 4.69) is 22.0 Å². The lowest BCUT2D eigenvalue weighted by Gasteiger charge is -1.91. The maximum atomic E-state index is 3.72. The molecule has 0 radical (unpaired) electrons. The van der Waals surface area contributed by atoms with Crippen molar-refractivity contribution in [2.75, 3.05) is 0 Å². The van der Waals surface area contributed by atoms with Gasteiger partial charge in [-0.15, -0.1) is 10.2 Å². The van der Waals surface area contributed by atoms with Gasteiger partial charge in [-0.05, 0) is 23.8 Å². The Morgan fingerprint density at radius 2 is 2.44 bits per heavy atom. The van der Waals surface area contributed by atoms with E-state index in [9.17, 15) is 0 Å². The maximum absolute atomic E-state index is 3.72. The lowest BCUT2D eigenvalue weighted by Crippen LogP contribution is -1.89. The van der Waals surface area contributed by atoms with Crippen molar-refractivity contribution >= 4 is 5.57 Å². The molecule has 0 bridgehead atoms. The molecule has 3 heteroatoms. The molecule has 0 spiro atoms. The van der Waals surface area contributed by atoms with E-state index in [1.165, 1.54) is 0 Å². The van der Waals surface area contributed by atoms with E-state index in [1.807, 2.05) is 6.92 Å². The van der Waals surface area contributed by atoms with Crippen molar-refractivity contribution < 1.29 is 0 Å². The van der Waals surface area contributed by atoms with Crippen molar-refractivity contribution in [1.29, 1.82) is 0 Å². The molecule has 0 unspecified atom stereocenters. The third-order valence-corrected chi connectivity index (χ3v) is 0.940. The minimum Gasteiger partial charge on any atom is -0.139 e. The van der Waals surface area contributed by atoms with Gasteiger partial charge in [-0.1, -0.05) is 6.58 Å². The monoisotopic (exact) mass is 121 g/mol. The van der Waals surface area contributed by atoms with Gasteiger partial charge in [0.1, 0.15) is 0 Å². The average molecular weight is 121 g/mol. The third-order valence-electron chi connectivity index (χ3n) is 0.940. The predicted octanol–water partition coefficient (Wildman–Crippen LogP) is 0.905. The summed E-state index contributed by atoms with van der Waals surface area (Å²) in [6.45, 7) is 5.57. The normalized spacial score (nSPS) is 9.00. The molecule has 0 N–H and O–H groups in total. The maximum Gasteiger partial charge on any atom is 0.0914 e. The van der Waals surface area contributed by atoms with Gasteiger partial charge in [0, 0.05) is 0 Å². The van der Waals surface area contributed by atoms with Crippen LogP contribution in [-0.2, 0) is 0 Å². The zero-order valence-electron chi connectivity index (χ0n) is 5.20. The highest BCUT2D eigenvalue weighted by Crippen LogP contribution is 2.02. The van der Waals surface area contributed by atoms with Crippen LogP contribution in [0.25, 0.3) is 5.57 Å². The van der Waals surface area contributed by atoms with Gasteiger partial charge in [0.15, 0.2) is 0 Å². The Hall–Kier alpha value is -1.25. The summed E-state index contributed by atoms with van der Waals surface area (Å²) < 4.78 is 0. The molecule has 0 aliphatic carbocycles. The molecule has 0 aliphatic heterocycles. The summed E-state index contributed by atoms with van der Waals surface area (Å²) in [4.78, 5) is 0. The van der Waals surface area contributed by atoms with E-state index in [0.717, 1.165) is 11.3 Å². The van der Waals surface area contributed by atoms with Crippen LogP contribution in [-0.4, -0.2) is 15.4 Å². The molecule has 0 amide bonds. The van der Waals surface area contributed by atoms with Gasteiger partial charge in [0.25, 0.3) is 0 Å². The molecule has 0 aromatic carbocycles. The fourth-order valence-electron chi connectivity index (χ4n) is 0.469. The molecule has 0 saturated heterocycles. The van der Waals surface area contributed by atoms with E-state index in [0.29, 0.717) is 0 Å². The van der Waals surface area contributed by atoms with Crippen LogP contribution in [0.2, 0.25) is 0 Å². The molecule has 3 nitrogen and oxygen atoms in total. The zero-order chi connectivity index (χ0) is 6.69. The first-order valence-electron chi connectivity index (χ1n) is 2.61. The molecule has 0 fully saturated rings. The summed E-state index contributed by atoms with van der Waals surface area (Å²) in [6, 6.07) is 1.77. The first-order valence-corrected chi connectivity index (χ1v) is 2.61. The van der Waals surface area contributed by atoms with Crippen molar-refractivity contribution in [2.24, 2.45) is 0 Å². The van der Waals surface area contributed by atoms with E-state index in [4.69, 9.17) is 0 Å². The Labute approximate surface area is 53.4 Å². The van der Waals surface area contributed by atoms with Gasteiger partial charge in [-0.2, -0.15) is 0 Å². The largest absolute Gasteiger partial charge is 0.139 e. The first-order chi connectivity index (χ1) is 4.30. The molecule has 0 atom stereocenters. The Kier molecular flexibility index (Phi) is 1.53. The van der Waals surface area contributed by atoms with Crippen molar-refractivity contribution in [3.8, 4) is 0 Å². The van der Waals surface area contributed by atoms with Gasteiger partial charge in [-0.3, -0.25) is 0 Å². The first kappa shape index (κ1) is 5.88. The highest BCUT2D eigenvalue weighted by atomic mass is 15.3. The zero-order valence-corrected chi connectivity index (χ0v) is 5.20. The number of hydrogen-bond acceptors (Lipinski definition) is 3. The standard InChI is InChI=1S/C6H7N3/c1-5(2)6-3-4-7-9-8-6/h3-4H,1H2,2H3. The fourth-order valence-corrected chi connectivity index (χ4v) is 0.469. The molecule has 1 heterocycles. The van der Waals surface area contributed by atoms with Gasteiger partial charge < -0.3 is 0 Å². The highest BCUT2D eigenvalue weighted by molar-refractivity contribution is 5.56. The second kappa shape index (κ2) is 2.35. The molecule has 1 aromatic heterocycles. The number of allylic oxidation sites excluding steroid dienone is 1. The Bertz CT molecular complexity index is 205. The topological polar surface area (TPSA) is 38.7 Å². The van der Waals surface area contributed by atoms with Gasteiger partial charge in [0.05, 0.1) is 11.9 Å². The molecular formula is C6H7N3. The summed E-state index contributed by atoms with van der Waals surface area (Å²) in [6.07, 6.45) is 1.59. The quantitative estimate of drug-likeness (QED) is 0.554. The lowest BCUT2D eigenvalue weighted by atomic mass is 10.2. The minimum absolute atomic E-state index is 0.796. The van der Waals surface area contributed by atoms with E-state index in [-0.39, 0.29) is 0 Å². The molecule has 0 saturated carbocycles. The summed E-state index contributed by atoms with van der Waals surface area (Å²) in [5, 5.41) is 10.7. The van der Waals surface area contributed by atoms with Crippen LogP contribution in [0.1, 0.15) is 12.6 Å². The van der Waals surface area contributed by atoms with Crippen LogP contribution in [0.15, 0.2) is 18.8 Å². The van der Waals surface area contributed by atoms with Crippen LogP contribution < -0.4 is 0 Å². The van der Waals surface area contributed by atoms with E-state index < -0.39 is 0 Å². The van der Waals surface area contributed by atoms with Gasteiger partial charge >= 0.3 is 0 Å². The summed E-state index contributed by atoms with van der Waals surface area (Å²) in [5.74, 6) is 0. The van der Waals surface area contributed by atoms with Crippen molar-refractivity contribution in [3.05, 3.63) is 24.5 Å². The highest BCUT2D eigenvalue weighted by Gasteiger charge is 1.90. The number of rotatable bonds is 1. The van der Waals surface area contributed by atoms with Gasteiger partial charge in [0.2, 0.25) is 0 Å². The Morgan fingerprint density at radius 1 is 1.67 bits per heavy atom. The van der Waals surface area contributed by atoms with Crippen molar-refractivity contribution in [2.45, 2.75) is 6.92 Å². The van der Waals surface area contributed by atoms with Crippen LogP contribution in [0.4, 0.5) is 0 Å². The number of nitrogens with zero attached hydrogens (tertiary/aromatic N) is 3. The number of aromatic nitrogens is 3. The summed E-state index contributed by atoms with van der Waals surface area (Å²) in [5.41, 5.74) is 1.70. The van der Waals surface area contributed by atoms with Crippen molar-refractivity contribution in [1.82, 2.24) is 15.4 Å². The van der Waals surface area contributed by atoms with Crippen LogP contribution in [0, 0.1) is 0 Å². The number of hydrogen-bond donors (Lipinski definition) is 0. The SMILES string of the molecule is C=C(C)c1ccnnn1. The molecule has 46 valence electrons. The second-order valence-corrected chi connectivity index (χ2v) is 1.79. The lowest BCUT2D eigenvalue weighted by molar-refractivity contribution is 0.854. The fraction of sp³-hybridized carbons (Fsp3) is 0.167. The molecular weight excluding hydrogens is 114 g/mol. The predicted molar refractivity (Wildman–Crippen MR) is 34.5 cm³/mol. The van der Waals surface area contributed by atoms with Crippen molar-refractivity contribution in [3.63, 3.8) is 0 Å². The molecule has 1 rings (SSSR count). The molecule has 0 aliphatic rings. The van der Waals surface area contributed by atoms with Crippen LogP contribution in [0.3, 0.4) is 0 Å². The molecule has 1 aromatic rings. The van der Waals surface area contributed by atoms with Crippen LogP contribution >= 0.6 is 0 Å². The Morgan fingerprint density at radius 3 is 2.78 bits per heavy atom. The summed E-state index contributed by atoms with van der Waals surface area (Å²) in [7, 11) is 0. The average Bonchev–Trinajstić information content (AvgIpc) is 1.90. The second-order valence-electron chi connectivity index (χ2n) is 1.79. The smallest absolute Gasteiger partial charge is 0.0914 e. The minimum atomic E-state index is 0.796. The third kappa shape index (κ3) is 1.32. The van der Waals surface area contributed by atoms with E-state index in [1.54, 1.807) is 12.3 Å². The van der Waals surface area contributed by atoms with Gasteiger partial charge in [-0.25, -0.2) is 0 Å². The van der Waals surface area contributed by atoms with E-state index >= 15 is 0 Å². The Balaban J connectivity index is 2.98. The van der Waals surface area contributed by atoms with Crippen LogP contribution in [0.5, 0.6) is 0 Å². The molecule has 9 heavy (non-hydrogen) atoms.